The number of rotatable bonds is 5. The van der Waals surface area contributed by atoms with Gasteiger partial charge in [-0.15, -0.1) is 0 Å². The van der Waals surface area contributed by atoms with Crippen LogP contribution in [0.15, 0.2) is 36.4 Å². The summed E-state index contributed by atoms with van der Waals surface area (Å²) in [5.41, 5.74) is 2.70. The zero-order valence-electron chi connectivity index (χ0n) is 13.0. The van der Waals surface area contributed by atoms with Crippen LogP contribution in [0.4, 0.5) is 0 Å². The lowest BCUT2D eigenvalue weighted by Gasteiger charge is -2.21. The maximum Gasteiger partial charge on any atom is 0.213 e. The van der Waals surface area contributed by atoms with Crippen molar-refractivity contribution in [3.63, 3.8) is 0 Å². The fourth-order valence-corrected chi connectivity index (χ4v) is 2.01. The molecular weight excluding hydrogens is 264 g/mol. The van der Waals surface area contributed by atoms with Crippen molar-refractivity contribution in [3.05, 3.63) is 42.0 Å². The number of phenols is 1. The minimum atomic E-state index is 0.314. The normalized spacial score (nSPS) is 11.1. The van der Waals surface area contributed by atoms with Gasteiger partial charge in [0.15, 0.2) is 0 Å². The third-order valence-corrected chi connectivity index (χ3v) is 3.61. The molecule has 1 heterocycles. The van der Waals surface area contributed by atoms with Crippen LogP contribution in [-0.2, 0) is 6.54 Å². The number of benzene rings is 1. The molecule has 0 unspecified atom stereocenters. The van der Waals surface area contributed by atoms with Crippen LogP contribution in [0.5, 0.6) is 11.6 Å². The van der Waals surface area contributed by atoms with Crippen molar-refractivity contribution in [1.29, 1.82) is 0 Å². The summed E-state index contributed by atoms with van der Waals surface area (Å²) in [5.74, 6) is 0.899. The SMILES string of the molecule is COc1cccc(-c2ccc(O)c(CN(C)C(C)C)c2)n1. The lowest BCUT2D eigenvalue weighted by molar-refractivity contribution is 0.262. The minimum absolute atomic E-state index is 0.314. The average molecular weight is 286 g/mol. The summed E-state index contributed by atoms with van der Waals surface area (Å²) in [6.07, 6.45) is 0. The predicted octanol–water partition coefficient (Wildman–Crippen LogP) is 3.30. The Labute approximate surface area is 126 Å². The van der Waals surface area contributed by atoms with Crippen LogP contribution in [0.2, 0.25) is 0 Å². The molecule has 0 saturated heterocycles. The fourth-order valence-electron chi connectivity index (χ4n) is 2.01. The average Bonchev–Trinajstić information content (AvgIpc) is 2.49. The first kappa shape index (κ1) is 15.3. The zero-order chi connectivity index (χ0) is 15.4. The van der Waals surface area contributed by atoms with Crippen molar-refractivity contribution in [2.24, 2.45) is 0 Å². The van der Waals surface area contributed by atoms with E-state index >= 15 is 0 Å². The van der Waals surface area contributed by atoms with Gasteiger partial charge in [0.25, 0.3) is 0 Å². The van der Waals surface area contributed by atoms with E-state index in [-0.39, 0.29) is 0 Å². The number of hydrogen-bond donors (Lipinski definition) is 1. The van der Waals surface area contributed by atoms with Crippen molar-refractivity contribution in [1.82, 2.24) is 9.88 Å². The van der Waals surface area contributed by atoms with Crippen molar-refractivity contribution in [2.45, 2.75) is 26.4 Å². The number of methoxy groups -OCH3 is 1. The molecule has 2 rings (SSSR count). The molecule has 0 atom stereocenters. The van der Waals surface area contributed by atoms with Crippen LogP contribution < -0.4 is 4.74 Å². The summed E-state index contributed by atoms with van der Waals surface area (Å²) >= 11 is 0. The monoisotopic (exact) mass is 286 g/mol. The molecule has 1 N–H and O–H groups in total. The van der Waals surface area contributed by atoms with Crippen molar-refractivity contribution >= 4 is 0 Å². The molecule has 4 heteroatoms. The van der Waals surface area contributed by atoms with Gasteiger partial charge in [0.2, 0.25) is 5.88 Å². The van der Waals surface area contributed by atoms with E-state index in [2.05, 4.69) is 23.7 Å². The highest BCUT2D eigenvalue weighted by Crippen LogP contribution is 2.27. The van der Waals surface area contributed by atoms with Gasteiger partial charge in [-0.3, -0.25) is 4.90 Å². The van der Waals surface area contributed by atoms with E-state index in [1.807, 2.05) is 37.4 Å². The van der Waals surface area contributed by atoms with Crippen molar-refractivity contribution in [2.75, 3.05) is 14.2 Å². The number of aromatic hydroxyl groups is 1. The maximum atomic E-state index is 10.0. The predicted molar refractivity (Wildman–Crippen MR) is 84.5 cm³/mol. The van der Waals surface area contributed by atoms with E-state index in [0.717, 1.165) is 16.8 Å². The quantitative estimate of drug-likeness (QED) is 0.916. The molecule has 0 aliphatic carbocycles. The Bertz CT molecular complexity index is 611. The highest BCUT2D eigenvalue weighted by atomic mass is 16.5. The number of pyridine rings is 1. The van der Waals surface area contributed by atoms with Crippen molar-refractivity contribution in [3.8, 4) is 22.9 Å². The topological polar surface area (TPSA) is 45.6 Å². The third kappa shape index (κ3) is 3.73. The van der Waals surface area contributed by atoms with Crippen LogP contribution >= 0.6 is 0 Å². The molecular formula is C17H22N2O2. The highest BCUT2D eigenvalue weighted by molar-refractivity contribution is 5.62. The van der Waals surface area contributed by atoms with Crippen LogP contribution in [0.25, 0.3) is 11.3 Å². The molecule has 112 valence electrons. The Kier molecular flexibility index (Phi) is 4.81. The Morgan fingerprint density at radius 2 is 2.00 bits per heavy atom. The lowest BCUT2D eigenvalue weighted by atomic mass is 10.1. The van der Waals surface area contributed by atoms with Gasteiger partial charge in [-0.25, -0.2) is 4.98 Å². The number of aromatic nitrogens is 1. The Balaban J connectivity index is 2.33. The number of ether oxygens (including phenoxy) is 1. The summed E-state index contributed by atoms with van der Waals surface area (Å²) < 4.78 is 5.16. The summed E-state index contributed by atoms with van der Waals surface area (Å²) in [6, 6.07) is 11.7. The second kappa shape index (κ2) is 6.59. The first-order valence-electron chi connectivity index (χ1n) is 7.05. The number of nitrogens with zero attached hydrogens (tertiary/aromatic N) is 2. The molecule has 0 fully saturated rings. The third-order valence-electron chi connectivity index (χ3n) is 3.61. The van der Waals surface area contributed by atoms with Gasteiger partial charge in [0.05, 0.1) is 12.8 Å². The van der Waals surface area contributed by atoms with Crippen LogP contribution in [0.3, 0.4) is 0 Å². The van der Waals surface area contributed by atoms with Crippen molar-refractivity contribution < 1.29 is 9.84 Å². The van der Waals surface area contributed by atoms with E-state index in [1.165, 1.54) is 0 Å². The van der Waals surface area contributed by atoms with Gasteiger partial charge in [-0.05, 0) is 45.2 Å². The molecule has 1 aromatic heterocycles. The van der Waals surface area contributed by atoms with Gasteiger partial charge in [0.1, 0.15) is 5.75 Å². The van der Waals surface area contributed by atoms with Gasteiger partial charge >= 0.3 is 0 Å². The number of hydrogen-bond acceptors (Lipinski definition) is 4. The standard InChI is InChI=1S/C17H22N2O2/c1-12(2)19(3)11-14-10-13(8-9-16(14)20)15-6-5-7-17(18-15)21-4/h5-10,12,20H,11H2,1-4H3. The molecule has 0 saturated carbocycles. The second-order valence-corrected chi connectivity index (χ2v) is 5.42. The Morgan fingerprint density at radius 3 is 2.67 bits per heavy atom. The largest absolute Gasteiger partial charge is 0.508 e. The smallest absolute Gasteiger partial charge is 0.213 e. The van der Waals surface area contributed by atoms with Crippen LogP contribution in [0.1, 0.15) is 19.4 Å². The lowest BCUT2D eigenvalue weighted by Crippen LogP contribution is -2.25. The van der Waals surface area contributed by atoms with E-state index in [0.29, 0.717) is 24.2 Å². The molecule has 0 amide bonds. The summed E-state index contributed by atoms with van der Waals surface area (Å²) in [4.78, 5) is 6.61. The van der Waals surface area contributed by atoms with Gasteiger partial charge in [0, 0.05) is 29.8 Å². The summed E-state index contributed by atoms with van der Waals surface area (Å²) in [6.45, 7) is 4.95. The molecule has 1 aromatic carbocycles. The second-order valence-electron chi connectivity index (χ2n) is 5.42. The van der Waals surface area contributed by atoms with Gasteiger partial charge < -0.3 is 9.84 Å². The molecule has 21 heavy (non-hydrogen) atoms. The van der Waals surface area contributed by atoms with E-state index in [4.69, 9.17) is 4.74 Å². The molecule has 0 bridgehead atoms. The fraction of sp³-hybridized carbons (Fsp3) is 0.353. The molecule has 0 aliphatic heterocycles. The molecule has 0 aliphatic rings. The van der Waals surface area contributed by atoms with Crippen LogP contribution in [-0.4, -0.2) is 35.2 Å². The van der Waals surface area contributed by atoms with Gasteiger partial charge in [-0.1, -0.05) is 6.07 Å². The molecule has 4 nitrogen and oxygen atoms in total. The first-order valence-corrected chi connectivity index (χ1v) is 7.05. The maximum absolute atomic E-state index is 10.0. The summed E-state index contributed by atoms with van der Waals surface area (Å²) in [5, 5.41) is 10.0. The van der Waals surface area contributed by atoms with Crippen LogP contribution in [0, 0.1) is 0 Å². The minimum Gasteiger partial charge on any atom is -0.508 e. The Morgan fingerprint density at radius 1 is 1.24 bits per heavy atom. The molecule has 0 radical (unpaired) electrons. The van der Waals surface area contributed by atoms with E-state index in [9.17, 15) is 5.11 Å². The Hall–Kier alpha value is -2.07. The molecule has 2 aromatic rings. The summed E-state index contributed by atoms with van der Waals surface area (Å²) in [7, 11) is 3.65. The molecule has 0 spiro atoms. The van der Waals surface area contributed by atoms with E-state index < -0.39 is 0 Å². The van der Waals surface area contributed by atoms with E-state index in [1.54, 1.807) is 13.2 Å². The first-order chi connectivity index (χ1) is 10.0. The number of phenolic OH excluding ortho intramolecular Hbond substituents is 1. The highest BCUT2D eigenvalue weighted by Gasteiger charge is 2.10. The zero-order valence-corrected chi connectivity index (χ0v) is 13.0. The van der Waals surface area contributed by atoms with Gasteiger partial charge in [-0.2, -0.15) is 0 Å².